The Morgan fingerprint density at radius 1 is 1.13 bits per heavy atom. The van der Waals surface area contributed by atoms with Gasteiger partial charge in [0.15, 0.2) is 11.5 Å². The second-order valence-corrected chi connectivity index (χ2v) is 6.64. The molecule has 0 saturated carbocycles. The summed E-state index contributed by atoms with van der Waals surface area (Å²) in [5, 5.41) is 14.3. The third-order valence-electron chi connectivity index (χ3n) is 4.50. The molecule has 0 spiro atoms. The maximum atomic E-state index is 13.5. The number of ether oxygens (including phenoxy) is 2. The first-order chi connectivity index (χ1) is 14.7. The van der Waals surface area contributed by atoms with Gasteiger partial charge < -0.3 is 19.9 Å². The molecule has 9 nitrogen and oxygen atoms in total. The Labute approximate surface area is 172 Å². The Morgan fingerprint density at radius 2 is 1.87 bits per heavy atom. The Morgan fingerprint density at radius 3 is 2.58 bits per heavy atom. The van der Waals surface area contributed by atoms with Crippen molar-refractivity contribution in [1.29, 1.82) is 0 Å². The number of amides is 1. The number of aliphatic carboxylic acids is 1. The highest BCUT2D eigenvalue weighted by Gasteiger charge is 2.45. The van der Waals surface area contributed by atoms with Gasteiger partial charge in [-0.05, 0) is 18.2 Å². The molecule has 3 N–H and O–H groups in total. The summed E-state index contributed by atoms with van der Waals surface area (Å²) in [7, 11) is 0. The zero-order valence-electron chi connectivity index (χ0n) is 15.7. The van der Waals surface area contributed by atoms with Crippen LogP contribution in [-0.4, -0.2) is 33.1 Å². The molecule has 2 aromatic carbocycles. The van der Waals surface area contributed by atoms with Crippen LogP contribution in [-0.2, 0) is 4.79 Å². The lowest BCUT2D eigenvalue weighted by Gasteiger charge is -2.18. The smallest absolute Gasteiger partial charge is 0.481 e. The fraction of sp³-hybridized carbons (Fsp3) is 0.150. The van der Waals surface area contributed by atoms with Crippen molar-refractivity contribution in [3.63, 3.8) is 0 Å². The molecule has 31 heavy (non-hydrogen) atoms. The number of alkyl halides is 2. The molecule has 0 saturated heterocycles. The van der Waals surface area contributed by atoms with Crippen LogP contribution in [0.2, 0.25) is 0 Å². The van der Waals surface area contributed by atoms with E-state index in [9.17, 15) is 28.3 Å². The van der Waals surface area contributed by atoms with Gasteiger partial charge in [0.25, 0.3) is 11.5 Å². The van der Waals surface area contributed by atoms with Crippen molar-refractivity contribution in [1.82, 2.24) is 15.1 Å². The fourth-order valence-corrected chi connectivity index (χ4v) is 3.19. The minimum atomic E-state index is -3.91. The summed E-state index contributed by atoms with van der Waals surface area (Å²) < 4.78 is 37.0. The van der Waals surface area contributed by atoms with Crippen molar-refractivity contribution in [3.05, 3.63) is 76.2 Å². The summed E-state index contributed by atoms with van der Waals surface area (Å²) >= 11 is 0. The number of hydrogen-bond acceptors (Lipinski definition) is 5. The number of nitrogens with zero attached hydrogens (tertiary/aromatic N) is 1. The SMILES string of the molecule is O=C(O)CC(NC(=O)c1cc(=O)n(-c2ccccc2)[nH]1)c1cccc2c1OC(F)(F)O2. The Balaban J connectivity index is 1.64. The third-order valence-corrected chi connectivity index (χ3v) is 4.50. The number of para-hydroxylation sites is 2. The number of nitrogens with one attached hydrogen (secondary N) is 2. The summed E-state index contributed by atoms with van der Waals surface area (Å²) in [6.07, 6.45) is -4.53. The van der Waals surface area contributed by atoms with Crippen LogP contribution in [0.25, 0.3) is 5.69 Å². The summed E-state index contributed by atoms with van der Waals surface area (Å²) in [6, 6.07) is 12.2. The van der Waals surface area contributed by atoms with Crippen molar-refractivity contribution < 1.29 is 33.0 Å². The number of halogens is 2. The molecule has 0 fully saturated rings. The number of aromatic nitrogens is 2. The number of carbonyl (C=O) groups excluding carboxylic acids is 1. The van der Waals surface area contributed by atoms with E-state index in [1.807, 2.05) is 0 Å². The van der Waals surface area contributed by atoms with E-state index in [1.54, 1.807) is 30.3 Å². The molecule has 0 bridgehead atoms. The van der Waals surface area contributed by atoms with Crippen molar-refractivity contribution >= 4 is 11.9 Å². The van der Waals surface area contributed by atoms with E-state index in [4.69, 9.17) is 0 Å². The number of carboxylic acids is 1. The number of benzene rings is 2. The monoisotopic (exact) mass is 431 g/mol. The standard InChI is InChI=1S/C20H15F2N3O6/c21-20(22)30-15-8-4-7-12(18(15)31-20)13(10-17(27)28)23-19(29)14-9-16(26)25(24-14)11-5-2-1-3-6-11/h1-9,13,24H,10H2,(H,23,29)(H,27,28). The van der Waals surface area contributed by atoms with Gasteiger partial charge in [0, 0.05) is 11.6 Å². The summed E-state index contributed by atoms with van der Waals surface area (Å²) in [5.41, 5.74) is -0.167. The highest BCUT2D eigenvalue weighted by molar-refractivity contribution is 5.92. The topological polar surface area (TPSA) is 123 Å². The lowest BCUT2D eigenvalue weighted by atomic mass is 10.0. The second-order valence-electron chi connectivity index (χ2n) is 6.64. The van der Waals surface area contributed by atoms with E-state index in [0.717, 1.165) is 10.7 Å². The number of rotatable bonds is 6. The number of carbonyl (C=O) groups is 2. The molecule has 11 heteroatoms. The van der Waals surface area contributed by atoms with E-state index in [0.29, 0.717) is 5.69 Å². The van der Waals surface area contributed by atoms with Gasteiger partial charge in [-0.1, -0.05) is 30.3 Å². The van der Waals surface area contributed by atoms with Crippen LogP contribution in [0.15, 0.2) is 59.4 Å². The predicted molar refractivity (Wildman–Crippen MR) is 101 cm³/mol. The van der Waals surface area contributed by atoms with E-state index in [2.05, 4.69) is 19.9 Å². The molecule has 1 amide bonds. The maximum absolute atomic E-state index is 13.5. The highest BCUT2D eigenvalue weighted by Crippen LogP contribution is 2.45. The summed E-state index contributed by atoms with van der Waals surface area (Å²) in [4.78, 5) is 36.3. The lowest BCUT2D eigenvalue weighted by Crippen LogP contribution is -2.31. The zero-order valence-corrected chi connectivity index (χ0v) is 15.7. The van der Waals surface area contributed by atoms with E-state index < -0.39 is 36.2 Å². The molecule has 4 rings (SSSR count). The Kier molecular flexibility index (Phi) is 4.93. The first-order valence-electron chi connectivity index (χ1n) is 9.02. The summed E-state index contributed by atoms with van der Waals surface area (Å²) in [5.74, 6) is -2.74. The van der Waals surface area contributed by atoms with E-state index in [-0.39, 0.29) is 22.8 Å². The normalized spacial score (nSPS) is 14.8. The third kappa shape index (κ3) is 4.10. The zero-order chi connectivity index (χ0) is 22.2. The van der Waals surface area contributed by atoms with Gasteiger partial charge in [0.1, 0.15) is 5.69 Å². The molecule has 2 heterocycles. The predicted octanol–water partition coefficient (Wildman–Crippen LogP) is 2.43. The van der Waals surface area contributed by atoms with Crippen LogP contribution in [0.1, 0.15) is 28.5 Å². The molecule has 0 radical (unpaired) electrons. The van der Waals surface area contributed by atoms with Gasteiger partial charge in [-0.3, -0.25) is 19.5 Å². The van der Waals surface area contributed by atoms with Gasteiger partial charge >= 0.3 is 12.3 Å². The molecule has 1 aromatic heterocycles. The van der Waals surface area contributed by atoms with Crippen molar-refractivity contribution in [2.24, 2.45) is 0 Å². The molecule has 1 aliphatic rings. The number of H-pyrrole nitrogens is 1. The molecule has 160 valence electrons. The second kappa shape index (κ2) is 7.59. The minimum Gasteiger partial charge on any atom is -0.481 e. The number of aromatic amines is 1. The number of hydrogen-bond donors (Lipinski definition) is 3. The fourth-order valence-electron chi connectivity index (χ4n) is 3.19. The van der Waals surface area contributed by atoms with E-state index in [1.165, 1.54) is 18.2 Å². The molecule has 3 aromatic rings. The van der Waals surface area contributed by atoms with Gasteiger partial charge in [-0.15, -0.1) is 8.78 Å². The molecule has 1 aliphatic heterocycles. The van der Waals surface area contributed by atoms with Crippen LogP contribution < -0.4 is 20.3 Å². The van der Waals surface area contributed by atoms with Gasteiger partial charge in [0.05, 0.1) is 18.2 Å². The van der Waals surface area contributed by atoms with Gasteiger partial charge in [-0.2, -0.15) is 0 Å². The maximum Gasteiger partial charge on any atom is 0.586 e. The minimum absolute atomic E-state index is 0.00439. The number of carboxylic acid groups (broad SMARTS) is 1. The first kappa shape index (κ1) is 20.1. The van der Waals surface area contributed by atoms with Gasteiger partial charge in [0.2, 0.25) is 0 Å². The average Bonchev–Trinajstić information content (AvgIpc) is 3.25. The van der Waals surface area contributed by atoms with Crippen molar-refractivity contribution in [3.8, 4) is 17.2 Å². The van der Waals surface area contributed by atoms with Crippen LogP contribution in [0, 0.1) is 0 Å². The van der Waals surface area contributed by atoms with Crippen LogP contribution in [0.3, 0.4) is 0 Å². The van der Waals surface area contributed by atoms with Crippen LogP contribution in [0.5, 0.6) is 11.5 Å². The molecule has 0 aliphatic carbocycles. The molecular weight excluding hydrogens is 416 g/mol. The largest absolute Gasteiger partial charge is 0.586 e. The average molecular weight is 431 g/mol. The first-order valence-corrected chi connectivity index (χ1v) is 9.02. The quantitative estimate of drug-likeness (QED) is 0.551. The van der Waals surface area contributed by atoms with Crippen LogP contribution in [0.4, 0.5) is 8.78 Å². The van der Waals surface area contributed by atoms with E-state index >= 15 is 0 Å². The number of fused-ring (bicyclic) bond motifs is 1. The summed E-state index contributed by atoms with van der Waals surface area (Å²) in [6.45, 7) is 0. The van der Waals surface area contributed by atoms with Gasteiger partial charge in [-0.25, -0.2) is 4.68 Å². The molecular formula is C20H15F2N3O6. The highest BCUT2D eigenvalue weighted by atomic mass is 19.3. The van der Waals surface area contributed by atoms with Crippen LogP contribution >= 0.6 is 0 Å². The Hall–Kier alpha value is -4.15. The molecule has 1 unspecified atom stereocenters. The van der Waals surface area contributed by atoms with Crippen molar-refractivity contribution in [2.45, 2.75) is 18.8 Å². The lowest BCUT2D eigenvalue weighted by molar-refractivity contribution is -0.287. The molecule has 1 atom stereocenters. The Bertz CT molecular complexity index is 1210. The van der Waals surface area contributed by atoms with Crippen molar-refractivity contribution in [2.75, 3.05) is 0 Å².